The minimum atomic E-state index is -5.96. The van der Waals surface area contributed by atoms with Gasteiger partial charge >= 0.3 is 11.5 Å². The van der Waals surface area contributed by atoms with Crippen molar-refractivity contribution >= 4 is 71.9 Å². The van der Waals surface area contributed by atoms with E-state index in [1.165, 1.54) is 23.9 Å². The largest absolute Gasteiger partial charge is 0.501 e. The monoisotopic (exact) mass is 993 g/mol. The molecule has 0 unspecified atom stereocenters. The van der Waals surface area contributed by atoms with Gasteiger partial charge in [0.2, 0.25) is 0 Å². The van der Waals surface area contributed by atoms with E-state index in [2.05, 4.69) is 24.4 Å². The highest BCUT2D eigenvalue weighted by Crippen LogP contribution is 2.43. The van der Waals surface area contributed by atoms with Crippen molar-refractivity contribution < 1.29 is 39.9 Å². The van der Waals surface area contributed by atoms with Crippen molar-refractivity contribution in [2.24, 2.45) is 0 Å². The van der Waals surface area contributed by atoms with E-state index in [1.807, 2.05) is 94.4 Å². The molecule has 2 heterocycles. The molecule has 18 heteroatoms. The number of alkyl halides is 3. The zero-order valence-electron chi connectivity index (χ0n) is 37.2. The summed E-state index contributed by atoms with van der Waals surface area (Å²) in [5.41, 5.74) is -0.239. The van der Waals surface area contributed by atoms with Crippen molar-refractivity contribution in [3.8, 4) is 22.4 Å². The van der Waals surface area contributed by atoms with E-state index < -0.39 is 47.2 Å². The Morgan fingerprint density at radius 2 is 1.45 bits per heavy atom. The first-order valence-electron chi connectivity index (χ1n) is 21.7. The number of nitrogens with zero attached hydrogens (tertiary/aromatic N) is 3. The molecule has 354 valence electrons. The summed E-state index contributed by atoms with van der Waals surface area (Å²) in [6, 6.07) is 33.4. The molecule has 1 atom stereocenters. The fourth-order valence-electron chi connectivity index (χ4n) is 8.44. The van der Waals surface area contributed by atoms with Gasteiger partial charge in [0.25, 0.3) is 19.9 Å². The quantitative estimate of drug-likeness (QED) is 0.0756. The third-order valence-electron chi connectivity index (χ3n) is 11.6. The van der Waals surface area contributed by atoms with Crippen LogP contribution in [-0.2, 0) is 19.9 Å². The highest BCUT2D eigenvalue weighted by molar-refractivity contribution is 7.99. The van der Waals surface area contributed by atoms with Crippen LogP contribution in [0.3, 0.4) is 0 Å². The van der Waals surface area contributed by atoms with Crippen molar-refractivity contribution in [2.75, 3.05) is 51.8 Å². The second-order valence-corrected chi connectivity index (χ2v) is 21.6. The predicted molar refractivity (Wildman–Crippen MR) is 263 cm³/mol. The van der Waals surface area contributed by atoms with Gasteiger partial charge in [-0.25, -0.2) is 21.6 Å². The minimum Gasteiger partial charge on any atom is -0.478 e. The van der Waals surface area contributed by atoms with E-state index in [4.69, 9.17) is 11.6 Å². The molecule has 1 aliphatic rings. The summed E-state index contributed by atoms with van der Waals surface area (Å²) in [5, 5.41) is 14.0. The van der Waals surface area contributed by atoms with E-state index in [0.717, 1.165) is 45.2 Å². The first kappa shape index (κ1) is 49.3. The van der Waals surface area contributed by atoms with Crippen LogP contribution < -0.4 is 19.8 Å². The minimum absolute atomic E-state index is 0.0249. The van der Waals surface area contributed by atoms with Crippen LogP contribution in [0.1, 0.15) is 55.7 Å². The standard InChI is InChI=1S/C49H51ClF3N5O6S3/c1-5-10-38(31-65-41-13-7-6-8-14-41)54-43-24-23-42(30-44(43)66(61,62)49(51,52)53)67(63,64)55-37-19-21-39(22-20-37)56-25-27-57(28-26-56)40-12-9-11-35(29-40)46-45(48(59)60)33(4)58(32(2)3)47(46)34-15-17-36(50)18-16-34/h6-9,11-24,29-30,32,38,54-55H,5,10,25-28,31H2,1-4H3,(H,59,60)/t38-/m1/s1. The van der Waals surface area contributed by atoms with Gasteiger partial charge in [0.1, 0.15) is 4.90 Å². The van der Waals surface area contributed by atoms with E-state index in [1.54, 1.807) is 24.3 Å². The molecule has 7 rings (SSSR count). The van der Waals surface area contributed by atoms with Gasteiger partial charge in [0, 0.05) is 82.3 Å². The van der Waals surface area contributed by atoms with E-state index in [0.29, 0.717) is 67.1 Å². The van der Waals surface area contributed by atoms with Crippen LogP contribution in [0.5, 0.6) is 0 Å². The number of anilines is 4. The Kier molecular flexibility index (Phi) is 14.9. The number of halogens is 4. The molecule has 5 aromatic carbocycles. The lowest BCUT2D eigenvalue weighted by molar-refractivity contribution is -0.0435. The Balaban J connectivity index is 1.06. The average molecular weight is 995 g/mol. The fraction of sp³-hybridized carbons (Fsp3) is 0.286. The summed E-state index contributed by atoms with van der Waals surface area (Å²) in [5.74, 6) is -0.597. The Bertz CT molecular complexity index is 2940. The Labute approximate surface area is 398 Å². The first-order chi connectivity index (χ1) is 31.8. The maximum atomic E-state index is 14.0. The second kappa shape index (κ2) is 20.3. The number of hydrogen-bond acceptors (Lipinski definition) is 9. The number of nitrogens with one attached hydrogen (secondary N) is 2. The molecule has 1 fully saturated rings. The topological polar surface area (TPSA) is 141 Å². The molecule has 6 aromatic rings. The number of carboxylic acids is 1. The Morgan fingerprint density at radius 3 is 2.04 bits per heavy atom. The van der Waals surface area contributed by atoms with E-state index in [9.17, 15) is 39.9 Å². The lowest BCUT2D eigenvalue weighted by Gasteiger charge is -2.37. The highest BCUT2D eigenvalue weighted by atomic mass is 35.5. The molecular weight excluding hydrogens is 943 g/mol. The SMILES string of the molecule is CCC[C@H](CSc1ccccc1)Nc1ccc(S(=O)(=O)Nc2ccc(N3CCN(c4cccc(-c5c(C(=O)O)c(C)n(C(C)C)c5-c5ccc(Cl)cc5)c4)CC3)cc2)cc1S(=O)(=O)C(F)(F)F. The molecule has 0 aliphatic carbocycles. The average Bonchev–Trinajstić information content (AvgIpc) is 3.62. The predicted octanol–water partition coefficient (Wildman–Crippen LogP) is 11.9. The first-order valence-corrected chi connectivity index (χ1v) is 26.0. The van der Waals surface area contributed by atoms with Gasteiger partial charge < -0.3 is 24.8 Å². The summed E-state index contributed by atoms with van der Waals surface area (Å²) >= 11 is 7.70. The molecule has 11 nitrogen and oxygen atoms in total. The number of piperazine rings is 1. The van der Waals surface area contributed by atoms with Crippen molar-refractivity contribution in [2.45, 2.75) is 72.8 Å². The van der Waals surface area contributed by atoms with Crippen LogP contribution in [0, 0.1) is 6.92 Å². The normalized spacial score (nSPS) is 14.0. The van der Waals surface area contributed by atoms with Gasteiger partial charge in [-0.1, -0.05) is 67.4 Å². The number of aromatic nitrogens is 1. The number of hydrogen-bond donors (Lipinski definition) is 3. The molecule has 1 aromatic heterocycles. The summed E-state index contributed by atoms with van der Waals surface area (Å²) in [6.45, 7) is 10.2. The number of sulfonamides is 1. The molecule has 0 saturated carbocycles. The zero-order valence-corrected chi connectivity index (χ0v) is 40.4. The van der Waals surface area contributed by atoms with Crippen molar-refractivity contribution in [3.63, 3.8) is 0 Å². The molecule has 0 radical (unpaired) electrons. The number of thioether (sulfide) groups is 1. The Morgan fingerprint density at radius 1 is 0.806 bits per heavy atom. The smallest absolute Gasteiger partial charge is 0.478 e. The third kappa shape index (κ3) is 10.9. The van der Waals surface area contributed by atoms with Gasteiger partial charge in [-0.2, -0.15) is 13.2 Å². The van der Waals surface area contributed by atoms with Gasteiger partial charge in [-0.15, -0.1) is 11.8 Å². The Hall–Kier alpha value is -5.62. The van der Waals surface area contributed by atoms with Crippen molar-refractivity contribution in [1.82, 2.24) is 4.57 Å². The number of sulfone groups is 1. The second-order valence-electron chi connectivity index (χ2n) is 16.5. The number of aromatic carboxylic acids is 1. The van der Waals surface area contributed by atoms with E-state index >= 15 is 0 Å². The number of rotatable bonds is 17. The van der Waals surface area contributed by atoms with Crippen LogP contribution in [0.15, 0.2) is 136 Å². The third-order valence-corrected chi connectivity index (χ3v) is 15.9. The summed E-state index contributed by atoms with van der Waals surface area (Å²) in [4.78, 5) is 16.3. The molecule has 3 N–H and O–H groups in total. The van der Waals surface area contributed by atoms with Crippen molar-refractivity contribution in [3.05, 3.63) is 138 Å². The molecule has 0 amide bonds. The van der Waals surface area contributed by atoms with Crippen LogP contribution in [0.4, 0.5) is 35.9 Å². The molecule has 0 bridgehead atoms. The van der Waals surface area contributed by atoms with Crippen molar-refractivity contribution in [1.29, 1.82) is 0 Å². The van der Waals surface area contributed by atoms with Crippen LogP contribution in [-0.4, -0.2) is 76.0 Å². The van der Waals surface area contributed by atoms with E-state index in [-0.39, 0.29) is 23.0 Å². The fourth-order valence-corrected chi connectivity index (χ4v) is 11.7. The van der Waals surface area contributed by atoms with Gasteiger partial charge in [0.05, 0.1) is 21.8 Å². The highest BCUT2D eigenvalue weighted by Gasteiger charge is 2.48. The van der Waals surface area contributed by atoms with Crippen LogP contribution >= 0.6 is 23.4 Å². The lowest BCUT2D eigenvalue weighted by atomic mass is 9.96. The van der Waals surface area contributed by atoms with Crippen LogP contribution in [0.25, 0.3) is 22.4 Å². The molecule has 1 saturated heterocycles. The van der Waals surface area contributed by atoms with Gasteiger partial charge in [-0.05, 0) is 117 Å². The number of carboxylic acid groups (broad SMARTS) is 1. The maximum absolute atomic E-state index is 14.0. The lowest BCUT2D eigenvalue weighted by Crippen LogP contribution is -2.46. The maximum Gasteiger partial charge on any atom is 0.501 e. The number of benzene rings is 5. The summed E-state index contributed by atoms with van der Waals surface area (Å²) < 4.78 is 99.7. The van der Waals surface area contributed by atoms with Gasteiger partial charge in [-0.3, -0.25) is 4.72 Å². The molecular formula is C49H51ClF3N5O6S3. The zero-order chi connectivity index (χ0) is 48.3. The summed E-state index contributed by atoms with van der Waals surface area (Å²) in [7, 11) is -10.5. The molecule has 67 heavy (non-hydrogen) atoms. The number of carbonyl (C=O) groups is 1. The molecule has 1 aliphatic heterocycles. The van der Waals surface area contributed by atoms with Crippen LogP contribution in [0.2, 0.25) is 5.02 Å². The summed E-state index contributed by atoms with van der Waals surface area (Å²) in [6.07, 6.45) is 1.18. The van der Waals surface area contributed by atoms with Gasteiger partial charge in [0.15, 0.2) is 0 Å². The molecule has 0 spiro atoms.